The Bertz CT molecular complexity index is 677. The summed E-state index contributed by atoms with van der Waals surface area (Å²) < 4.78 is 3.69. The quantitative estimate of drug-likeness (QED) is 0.692. The van der Waals surface area contributed by atoms with Crippen molar-refractivity contribution in [2.45, 2.75) is 6.42 Å². The smallest absolute Gasteiger partial charge is 0.182 e. The summed E-state index contributed by atoms with van der Waals surface area (Å²) in [6.45, 7) is 0. The number of thiazole rings is 1. The van der Waals surface area contributed by atoms with Crippen LogP contribution in [0.4, 0.5) is 0 Å². The Hall–Kier alpha value is -1.92. The standard InChI is InChI=1S/C13H9N3OS2/c17-11(12-7-14-16-19-12)6-13-15-10(8-18-13)9-4-2-1-3-5-9/h1-5,7-8H,6H2. The first-order valence-corrected chi connectivity index (χ1v) is 7.28. The van der Waals surface area contributed by atoms with Crippen LogP contribution in [-0.2, 0) is 6.42 Å². The predicted octanol–water partition coefficient (Wildman–Crippen LogP) is 3.09. The van der Waals surface area contributed by atoms with Crippen LogP contribution in [0.2, 0.25) is 0 Å². The number of hydrogen-bond donors (Lipinski definition) is 0. The van der Waals surface area contributed by atoms with Gasteiger partial charge in [-0.1, -0.05) is 34.8 Å². The molecule has 2 aromatic heterocycles. The van der Waals surface area contributed by atoms with Crippen LogP contribution in [0.3, 0.4) is 0 Å². The van der Waals surface area contributed by atoms with E-state index < -0.39 is 0 Å². The number of hydrogen-bond acceptors (Lipinski definition) is 6. The largest absolute Gasteiger partial charge is 0.293 e. The lowest BCUT2D eigenvalue weighted by Gasteiger charge is -1.95. The molecule has 0 spiro atoms. The Balaban J connectivity index is 1.77. The van der Waals surface area contributed by atoms with E-state index in [2.05, 4.69) is 14.6 Å². The summed E-state index contributed by atoms with van der Waals surface area (Å²) in [5, 5.41) is 6.46. The zero-order valence-electron chi connectivity index (χ0n) is 9.81. The van der Waals surface area contributed by atoms with Gasteiger partial charge in [-0.25, -0.2) is 4.98 Å². The highest BCUT2D eigenvalue weighted by atomic mass is 32.1. The monoisotopic (exact) mass is 287 g/mol. The second-order valence-electron chi connectivity index (χ2n) is 3.87. The maximum Gasteiger partial charge on any atom is 0.182 e. The SMILES string of the molecule is O=C(Cc1nc(-c2ccccc2)cs1)c1cnns1. The fraction of sp³-hybridized carbons (Fsp3) is 0.0769. The maximum atomic E-state index is 11.9. The van der Waals surface area contributed by atoms with Crippen LogP contribution in [0.25, 0.3) is 11.3 Å². The molecular weight excluding hydrogens is 278 g/mol. The van der Waals surface area contributed by atoms with E-state index in [1.807, 2.05) is 35.7 Å². The van der Waals surface area contributed by atoms with Gasteiger partial charge in [0.1, 0.15) is 9.88 Å². The van der Waals surface area contributed by atoms with Crippen molar-refractivity contribution < 1.29 is 4.79 Å². The highest BCUT2D eigenvalue weighted by Gasteiger charge is 2.12. The molecule has 0 atom stereocenters. The minimum Gasteiger partial charge on any atom is -0.293 e. The van der Waals surface area contributed by atoms with Crippen LogP contribution in [-0.4, -0.2) is 20.4 Å². The van der Waals surface area contributed by atoms with Gasteiger partial charge < -0.3 is 0 Å². The zero-order chi connectivity index (χ0) is 13.1. The lowest BCUT2D eigenvalue weighted by Crippen LogP contribution is -2.00. The molecule has 0 saturated carbocycles. The summed E-state index contributed by atoms with van der Waals surface area (Å²) in [4.78, 5) is 17.0. The van der Waals surface area contributed by atoms with Crippen LogP contribution in [0.5, 0.6) is 0 Å². The third-order valence-corrected chi connectivity index (χ3v) is 4.12. The van der Waals surface area contributed by atoms with Gasteiger partial charge in [-0.3, -0.25) is 4.79 Å². The molecule has 19 heavy (non-hydrogen) atoms. The first kappa shape index (κ1) is 12.1. The summed E-state index contributed by atoms with van der Waals surface area (Å²) in [7, 11) is 0. The molecular formula is C13H9N3OS2. The van der Waals surface area contributed by atoms with Crippen molar-refractivity contribution in [3.05, 3.63) is 51.8 Å². The molecule has 1 aromatic carbocycles. The Morgan fingerprint density at radius 2 is 2.05 bits per heavy atom. The van der Waals surface area contributed by atoms with Gasteiger partial charge in [0.05, 0.1) is 18.3 Å². The minimum absolute atomic E-state index is 0.0176. The molecule has 0 bridgehead atoms. The van der Waals surface area contributed by atoms with E-state index in [9.17, 15) is 4.79 Å². The molecule has 0 aliphatic rings. The average Bonchev–Trinajstić information content (AvgIpc) is 3.11. The van der Waals surface area contributed by atoms with E-state index in [4.69, 9.17) is 0 Å². The summed E-state index contributed by atoms with van der Waals surface area (Å²) in [5.74, 6) is 0.0176. The molecule has 94 valence electrons. The fourth-order valence-corrected chi connectivity index (χ4v) is 2.90. The van der Waals surface area contributed by atoms with Crippen molar-refractivity contribution in [2.75, 3.05) is 0 Å². The second kappa shape index (κ2) is 5.38. The highest BCUT2D eigenvalue weighted by molar-refractivity contribution is 7.10. The van der Waals surface area contributed by atoms with E-state index in [1.54, 1.807) is 0 Å². The summed E-state index contributed by atoms with van der Waals surface area (Å²) in [5.41, 5.74) is 1.98. The topological polar surface area (TPSA) is 55.7 Å². The molecule has 0 unspecified atom stereocenters. The Morgan fingerprint density at radius 3 is 2.79 bits per heavy atom. The minimum atomic E-state index is 0.0176. The number of nitrogens with zero attached hydrogens (tertiary/aromatic N) is 3. The first-order chi connectivity index (χ1) is 9.33. The van der Waals surface area contributed by atoms with Crippen LogP contribution in [0.1, 0.15) is 14.7 Å². The Labute approximate surface area is 117 Å². The van der Waals surface area contributed by atoms with Crippen LogP contribution in [0, 0.1) is 0 Å². The number of aromatic nitrogens is 3. The van der Waals surface area contributed by atoms with Gasteiger partial charge >= 0.3 is 0 Å². The van der Waals surface area contributed by atoms with Crippen molar-refractivity contribution in [3.8, 4) is 11.3 Å². The normalized spacial score (nSPS) is 10.5. The molecule has 0 aliphatic heterocycles. The van der Waals surface area contributed by atoms with E-state index in [1.165, 1.54) is 17.5 Å². The van der Waals surface area contributed by atoms with Crippen molar-refractivity contribution in [1.82, 2.24) is 14.6 Å². The summed E-state index contributed by atoms with van der Waals surface area (Å²) in [6.07, 6.45) is 1.81. The van der Waals surface area contributed by atoms with Gasteiger partial charge in [-0.05, 0) is 11.5 Å². The summed E-state index contributed by atoms with van der Waals surface area (Å²) in [6, 6.07) is 9.93. The highest BCUT2D eigenvalue weighted by Crippen LogP contribution is 2.22. The average molecular weight is 287 g/mol. The lowest BCUT2D eigenvalue weighted by atomic mass is 10.2. The first-order valence-electron chi connectivity index (χ1n) is 5.63. The van der Waals surface area contributed by atoms with Gasteiger partial charge in [-0.2, -0.15) is 0 Å². The number of Topliss-reactive ketones (excluding diaryl/α,β-unsaturated/α-hetero) is 1. The molecule has 3 aromatic rings. The molecule has 6 heteroatoms. The number of ketones is 1. The Morgan fingerprint density at radius 1 is 1.21 bits per heavy atom. The van der Waals surface area contributed by atoms with Crippen molar-refractivity contribution in [3.63, 3.8) is 0 Å². The van der Waals surface area contributed by atoms with Crippen molar-refractivity contribution >= 4 is 28.7 Å². The van der Waals surface area contributed by atoms with Crippen LogP contribution >= 0.6 is 22.9 Å². The molecule has 2 heterocycles. The maximum absolute atomic E-state index is 11.9. The molecule has 0 N–H and O–H groups in total. The van der Waals surface area contributed by atoms with E-state index >= 15 is 0 Å². The number of carbonyl (C=O) groups excluding carboxylic acids is 1. The van der Waals surface area contributed by atoms with E-state index in [0.29, 0.717) is 11.3 Å². The van der Waals surface area contributed by atoms with Crippen LogP contribution < -0.4 is 0 Å². The lowest BCUT2D eigenvalue weighted by molar-refractivity contribution is 0.0996. The predicted molar refractivity (Wildman–Crippen MR) is 75.5 cm³/mol. The molecule has 4 nitrogen and oxygen atoms in total. The fourth-order valence-electron chi connectivity index (χ4n) is 1.65. The van der Waals surface area contributed by atoms with Crippen molar-refractivity contribution in [1.29, 1.82) is 0 Å². The van der Waals surface area contributed by atoms with E-state index in [0.717, 1.165) is 27.8 Å². The van der Waals surface area contributed by atoms with Gasteiger partial charge in [0.2, 0.25) is 0 Å². The molecule has 0 saturated heterocycles. The zero-order valence-corrected chi connectivity index (χ0v) is 11.4. The molecule has 0 fully saturated rings. The van der Waals surface area contributed by atoms with Crippen molar-refractivity contribution in [2.24, 2.45) is 0 Å². The number of carbonyl (C=O) groups is 1. The van der Waals surface area contributed by atoms with Crippen LogP contribution in [0.15, 0.2) is 41.9 Å². The van der Waals surface area contributed by atoms with Gasteiger partial charge in [0, 0.05) is 10.9 Å². The molecule has 0 amide bonds. The third-order valence-electron chi connectivity index (χ3n) is 2.57. The molecule has 3 rings (SSSR count). The second-order valence-corrected chi connectivity index (χ2v) is 5.60. The molecule has 0 aliphatic carbocycles. The Kier molecular flexibility index (Phi) is 3.43. The van der Waals surface area contributed by atoms with Gasteiger partial charge in [-0.15, -0.1) is 16.4 Å². The van der Waals surface area contributed by atoms with Gasteiger partial charge in [0.25, 0.3) is 0 Å². The number of rotatable bonds is 4. The number of benzene rings is 1. The molecule has 0 radical (unpaired) electrons. The summed E-state index contributed by atoms with van der Waals surface area (Å²) >= 11 is 2.62. The van der Waals surface area contributed by atoms with E-state index in [-0.39, 0.29) is 5.78 Å². The third kappa shape index (κ3) is 2.74. The van der Waals surface area contributed by atoms with Gasteiger partial charge in [0.15, 0.2) is 5.78 Å².